The second-order valence-electron chi connectivity index (χ2n) is 9.32. The van der Waals surface area contributed by atoms with Gasteiger partial charge in [0.1, 0.15) is 5.75 Å². The molecule has 35 heavy (non-hydrogen) atoms. The van der Waals surface area contributed by atoms with Crippen molar-refractivity contribution < 1.29 is 15.0 Å². The summed E-state index contributed by atoms with van der Waals surface area (Å²) >= 11 is 0. The Bertz CT molecular complexity index is 1290. The number of pyridine rings is 1. The number of carboxylic acid groups (broad SMARTS) is 1. The molecule has 0 aliphatic carbocycles. The third-order valence-corrected chi connectivity index (χ3v) is 7.35. The number of piperidine rings is 1. The molecule has 4 N–H and O–H groups in total. The Morgan fingerprint density at radius 2 is 1.97 bits per heavy atom. The lowest BCUT2D eigenvalue weighted by Crippen LogP contribution is -2.40. The first kappa shape index (κ1) is 27.1. The van der Waals surface area contributed by atoms with E-state index in [2.05, 4.69) is 32.9 Å². The lowest BCUT2D eigenvalue weighted by atomic mass is 9.94. The van der Waals surface area contributed by atoms with Gasteiger partial charge in [-0.1, -0.05) is 13.0 Å². The van der Waals surface area contributed by atoms with Crippen LogP contribution in [0.3, 0.4) is 0 Å². The van der Waals surface area contributed by atoms with Crippen molar-refractivity contribution in [3.63, 3.8) is 0 Å². The van der Waals surface area contributed by atoms with Crippen LogP contribution in [0, 0.1) is 5.92 Å². The Kier molecular flexibility index (Phi) is 8.21. The molecule has 2 aliphatic heterocycles. The topological polar surface area (TPSA) is 111 Å². The van der Waals surface area contributed by atoms with Gasteiger partial charge < -0.3 is 25.1 Å². The predicted molar refractivity (Wildman–Crippen MR) is 141 cm³/mol. The van der Waals surface area contributed by atoms with E-state index in [1.54, 1.807) is 0 Å². The van der Waals surface area contributed by atoms with Gasteiger partial charge in [0, 0.05) is 54.9 Å². The maximum absolute atomic E-state index is 12.4. The Balaban J connectivity index is 0.00000171. The molecule has 0 spiro atoms. The molecule has 8 nitrogen and oxygen atoms in total. The molecular formula is C25H32Cl2N4O4. The van der Waals surface area contributed by atoms with E-state index in [9.17, 15) is 19.8 Å². The number of aromatic hydroxyl groups is 1. The fourth-order valence-electron chi connectivity index (χ4n) is 5.63. The zero-order chi connectivity index (χ0) is 23.3. The van der Waals surface area contributed by atoms with Crippen LogP contribution in [-0.2, 0) is 20.0 Å². The highest BCUT2D eigenvalue weighted by molar-refractivity contribution is 5.92. The molecule has 2 aromatic heterocycles. The van der Waals surface area contributed by atoms with Gasteiger partial charge in [-0.05, 0) is 55.5 Å². The van der Waals surface area contributed by atoms with Gasteiger partial charge in [-0.2, -0.15) is 0 Å². The Hall–Kier alpha value is -2.52. The number of aryl methyl sites for hydroxylation is 1. The molecule has 2 atom stereocenters. The fraction of sp³-hybridized carbons (Fsp3) is 0.440. The number of aromatic carboxylic acids is 1. The second-order valence-corrected chi connectivity index (χ2v) is 9.32. The summed E-state index contributed by atoms with van der Waals surface area (Å²) in [7, 11) is 2.07. The summed E-state index contributed by atoms with van der Waals surface area (Å²) in [5.74, 6) is -1.15. The Labute approximate surface area is 216 Å². The van der Waals surface area contributed by atoms with Crippen LogP contribution < -0.4 is 10.9 Å². The van der Waals surface area contributed by atoms with Crippen molar-refractivity contribution in [1.29, 1.82) is 0 Å². The number of likely N-dealkylation sites (tertiary alicyclic amines) is 1. The number of carboxylic acids is 1. The van der Waals surface area contributed by atoms with Gasteiger partial charge >= 0.3 is 5.97 Å². The number of hydrogen-bond acceptors (Lipinski definition) is 5. The van der Waals surface area contributed by atoms with E-state index in [-0.39, 0.29) is 24.8 Å². The van der Waals surface area contributed by atoms with Gasteiger partial charge in [0.25, 0.3) is 5.56 Å². The number of carbonyl (C=O) groups is 1. The van der Waals surface area contributed by atoms with E-state index in [1.165, 1.54) is 18.5 Å². The SMILES string of the molecule is CCc1c(-c2ccc3c(c2)cc(CN2CC4CCCNC4C2)n3C)[nH]c(=O)c(C(=O)O)c1O.Cl.Cl. The van der Waals surface area contributed by atoms with Gasteiger partial charge in [0.2, 0.25) is 0 Å². The van der Waals surface area contributed by atoms with Crippen molar-refractivity contribution >= 4 is 41.7 Å². The number of halogens is 2. The number of aromatic nitrogens is 2. The number of hydrogen-bond donors (Lipinski definition) is 4. The van der Waals surface area contributed by atoms with Gasteiger partial charge in [-0.15, -0.1) is 24.8 Å². The van der Waals surface area contributed by atoms with E-state index < -0.39 is 22.8 Å². The molecule has 3 aromatic rings. The molecule has 4 heterocycles. The van der Waals surface area contributed by atoms with Crippen LogP contribution >= 0.6 is 24.8 Å². The van der Waals surface area contributed by atoms with Crippen molar-refractivity contribution in [2.75, 3.05) is 19.6 Å². The highest BCUT2D eigenvalue weighted by atomic mass is 35.5. The van der Waals surface area contributed by atoms with Crippen LogP contribution in [0.2, 0.25) is 0 Å². The van der Waals surface area contributed by atoms with E-state index in [0.29, 0.717) is 23.7 Å². The van der Waals surface area contributed by atoms with E-state index in [4.69, 9.17) is 0 Å². The Morgan fingerprint density at radius 3 is 2.66 bits per heavy atom. The van der Waals surface area contributed by atoms with Gasteiger partial charge in [-0.25, -0.2) is 4.79 Å². The lowest BCUT2D eigenvalue weighted by Gasteiger charge is -2.24. The third-order valence-electron chi connectivity index (χ3n) is 7.35. The summed E-state index contributed by atoms with van der Waals surface area (Å²) in [6.07, 6.45) is 2.95. The highest BCUT2D eigenvalue weighted by Crippen LogP contribution is 2.33. The quantitative estimate of drug-likeness (QED) is 0.408. The van der Waals surface area contributed by atoms with E-state index >= 15 is 0 Å². The molecule has 2 saturated heterocycles. The molecule has 10 heteroatoms. The van der Waals surface area contributed by atoms with Crippen LogP contribution in [0.1, 0.15) is 41.4 Å². The molecule has 2 unspecified atom stereocenters. The molecule has 5 rings (SSSR count). The number of aromatic amines is 1. The Morgan fingerprint density at radius 1 is 1.20 bits per heavy atom. The average molecular weight is 523 g/mol. The minimum absolute atomic E-state index is 0. The smallest absolute Gasteiger partial charge is 0.345 e. The van der Waals surface area contributed by atoms with Crippen LogP contribution in [-0.4, -0.2) is 56.3 Å². The number of H-pyrrole nitrogens is 1. The molecule has 190 valence electrons. The summed E-state index contributed by atoms with van der Waals surface area (Å²) in [6.45, 7) is 6.04. The zero-order valence-corrected chi connectivity index (χ0v) is 21.5. The summed E-state index contributed by atoms with van der Waals surface area (Å²) in [5.41, 5.74) is 2.55. The van der Waals surface area contributed by atoms with Crippen molar-refractivity contribution in [3.8, 4) is 17.0 Å². The first-order valence-corrected chi connectivity index (χ1v) is 11.6. The maximum Gasteiger partial charge on any atom is 0.345 e. The maximum atomic E-state index is 12.4. The predicted octanol–water partition coefficient (Wildman–Crippen LogP) is 3.53. The van der Waals surface area contributed by atoms with Crippen molar-refractivity contribution in [3.05, 3.63) is 51.4 Å². The van der Waals surface area contributed by atoms with E-state index in [1.807, 2.05) is 25.1 Å². The highest BCUT2D eigenvalue weighted by Gasteiger charge is 2.34. The third kappa shape index (κ3) is 4.80. The molecular weight excluding hydrogens is 491 g/mol. The van der Waals surface area contributed by atoms with Crippen molar-refractivity contribution in [2.24, 2.45) is 13.0 Å². The van der Waals surface area contributed by atoms with Crippen molar-refractivity contribution in [2.45, 2.75) is 38.8 Å². The number of fused-ring (bicyclic) bond motifs is 2. The van der Waals surface area contributed by atoms with Gasteiger partial charge in [-0.3, -0.25) is 9.69 Å². The summed E-state index contributed by atoms with van der Waals surface area (Å²) in [6, 6.07) is 8.70. The largest absolute Gasteiger partial charge is 0.506 e. The lowest BCUT2D eigenvalue weighted by molar-refractivity contribution is 0.0691. The number of nitrogens with zero attached hydrogens (tertiary/aromatic N) is 2. The van der Waals surface area contributed by atoms with Crippen LogP contribution in [0.4, 0.5) is 0 Å². The summed E-state index contributed by atoms with van der Waals surface area (Å²) in [4.78, 5) is 29.0. The van der Waals surface area contributed by atoms with Gasteiger partial charge in [0.15, 0.2) is 5.56 Å². The summed E-state index contributed by atoms with van der Waals surface area (Å²) < 4.78 is 2.21. The molecule has 2 aliphatic rings. The van der Waals surface area contributed by atoms with Crippen LogP contribution in [0.5, 0.6) is 5.75 Å². The number of benzene rings is 1. The molecule has 1 aromatic carbocycles. The zero-order valence-electron chi connectivity index (χ0n) is 19.8. The normalized spacial score (nSPS) is 19.7. The first-order valence-electron chi connectivity index (χ1n) is 11.6. The van der Waals surface area contributed by atoms with E-state index in [0.717, 1.165) is 48.6 Å². The summed E-state index contributed by atoms with van der Waals surface area (Å²) in [5, 5.41) is 24.5. The minimum Gasteiger partial charge on any atom is -0.506 e. The average Bonchev–Trinajstić information content (AvgIpc) is 3.33. The molecule has 0 radical (unpaired) electrons. The second kappa shape index (κ2) is 10.6. The number of nitrogens with one attached hydrogen (secondary N) is 2. The van der Waals surface area contributed by atoms with Crippen LogP contribution in [0.15, 0.2) is 29.1 Å². The first-order chi connectivity index (χ1) is 15.9. The molecule has 2 fully saturated rings. The van der Waals surface area contributed by atoms with Gasteiger partial charge in [0.05, 0.1) is 5.69 Å². The molecule has 0 amide bonds. The number of rotatable bonds is 5. The van der Waals surface area contributed by atoms with Crippen molar-refractivity contribution in [1.82, 2.24) is 19.8 Å². The molecule has 0 bridgehead atoms. The monoisotopic (exact) mass is 522 g/mol. The molecule has 0 saturated carbocycles. The minimum atomic E-state index is -1.44. The standard InChI is InChI=1S/C25H30N4O4.2ClH/c1-3-18-22(27-24(31)21(23(18)30)25(32)33)14-6-7-20-16(9-14)10-17(28(20)2)12-29-11-15-5-4-8-26-19(15)13-29;;/h6-7,9-10,15,19,26H,3-5,8,11-13H2,1-2H3,(H,32,33)(H2,27,30,31);2*1H. The fourth-order valence-corrected chi connectivity index (χ4v) is 5.63. The van der Waals surface area contributed by atoms with Crippen LogP contribution in [0.25, 0.3) is 22.2 Å².